The summed E-state index contributed by atoms with van der Waals surface area (Å²) in [5.41, 5.74) is 1.13. The van der Waals surface area contributed by atoms with E-state index >= 15 is 0 Å². The highest BCUT2D eigenvalue weighted by atomic mass is 35.5. The number of pyridine rings is 1. The fourth-order valence-electron chi connectivity index (χ4n) is 2.92. The van der Waals surface area contributed by atoms with Gasteiger partial charge in [-0.2, -0.15) is 0 Å². The van der Waals surface area contributed by atoms with E-state index in [-0.39, 0.29) is 0 Å². The summed E-state index contributed by atoms with van der Waals surface area (Å²) in [4.78, 5) is 9.20. The maximum absolute atomic E-state index is 6.45. The first-order valence-corrected chi connectivity index (χ1v) is 8.05. The van der Waals surface area contributed by atoms with Crippen molar-refractivity contribution >= 4 is 17.4 Å². The van der Waals surface area contributed by atoms with Gasteiger partial charge in [-0.1, -0.05) is 32.4 Å². The summed E-state index contributed by atoms with van der Waals surface area (Å²) in [6.07, 6.45) is 1.93. The first-order valence-electron chi connectivity index (χ1n) is 7.67. The van der Waals surface area contributed by atoms with Crippen molar-refractivity contribution in [1.82, 2.24) is 15.2 Å². The maximum Gasteiger partial charge on any atom is 0.147 e. The molecule has 0 spiro atoms. The largest absolute Gasteiger partial charge is 0.353 e. The van der Waals surface area contributed by atoms with Crippen LogP contribution in [-0.2, 0) is 6.54 Å². The van der Waals surface area contributed by atoms with Gasteiger partial charge in [0.25, 0.3) is 0 Å². The van der Waals surface area contributed by atoms with Crippen LogP contribution in [0.15, 0.2) is 12.3 Å². The van der Waals surface area contributed by atoms with Crippen molar-refractivity contribution < 1.29 is 0 Å². The minimum atomic E-state index is 0.462. The third kappa shape index (κ3) is 4.09. The Morgan fingerprint density at radius 1 is 1.43 bits per heavy atom. The number of aromatic nitrogens is 1. The van der Waals surface area contributed by atoms with Gasteiger partial charge in [0.1, 0.15) is 5.82 Å². The molecule has 1 aliphatic heterocycles. The van der Waals surface area contributed by atoms with E-state index in [1.807, 2.05) is 12.3 Å². The summed E-state index contributed by atoms with van der Waals surface area (Å²) in [5, 5.41) is 4.14. The van der Waals surface area contributed by atoms with Crippen molar-refractivity contribution in [3.8, 4) is 0 Å². The molecule has 118 valence electrons. The second-order valence-electron chi connectivity index (χ2n) is 6.60. The molecular formula is C16H27ClN4. The molecule has 0 aliphatic carbocycles. The zero-order valence-corrected chi connectivity index (χ0v) is 14.5. The Bertz CT molecular complexity index is 475. The van der Waals surface area contributed by atoms with Crippen molar-refractivity contribution in [2.45, 2.75) is 39.4 Å². The second-order valence-corrected chi connectivity index (χ2v) is 7.01. The lowest BCUT2D eigenvalue weighted by Crippen LogP contribution is -2.34. The summed E-state index contributed by atoms with van der Waals surface area (Å²) in [7, 11) is 4.28. The summed E-state index contributed by atoms with van der Waals surface area (Å²) >= 11 is 6.45. The minimum absolute atomic E-state index is 0.462. The van der Waals surface area contributed by atoms with Crippen LogP contribution in [0.1, 0.15) is 26.3 Å². The van der Waals surface area contributed by atoms with E-state index in [4.69, 9.17) is 11.6 Å². The Labute approximate surface area is 133 Å². The molecule has 0 bridgehead atoms. The standard InChI is InChI=1S/C16H27ClN4/c1-11(2)18-7-13-6-14(17)16(19-8-13)21-9-12(3)15(10-21)20(4)5/h6,8,11-12,15,18H,7,9-10H2,1-5H3. The maximum atomic E-state index is 6.45. The number of halogens is 1. The SMILES string of the molecule is CC(C)NCc1cnc(N2CC(C)C(N(C)C)C2)c(Cl)c1. The molecule has 2 atom stereocenters. The molecule has 21 heavy (non-hydrogen) atoms. The lowest BCUT2D eigenvalue weighted by molar-refractivity contribution is 0.266. The highest BCUT2D eigenvalue weighted by molar-refractivity contribution is 6.33. The molecule has 2 heterocycles. The number of hydrogen-bond acceptors (Lipinski definition) is 4. The second kappa shape index (κ2) is 6.95. The average Bonchev–Trinajstić information content (AvgIpc) is 2.78. The van der Waals surface area contributed by atoms with Gasteiger partial charge in [-0.05, 0) is 31.6 Å². The van der Waals surface area contributed by atoms with Crippen molar-refractivity contribution in [2.75, 3.05) is 32.1 Å². The van der Waals surface area contributed by atoms with Crippen LogP contribution in [0.25, 0.3) is 0 Å². The van der Waals surface area contributed by atoms with E-state index in [0.717, 1.165) is 36.0 Å². The minimum Gasteiger partial charge on any atom is -0.353 e. The van der Waals surface area contributed by atoms with Crippen LogP contribution in [0.2, 0.25) is 5.02 Å². The molecule has 5 heteroatoms. The molecular weight excluding hydrogens is 284 g/mol. The van der Waals surface area contributed by atoms with E-state index in [9.17, 15) is 0 Å². The van der Waals surface area contributed by atoms with Gasteiger partial charge in [0.2, 0.25) is 0 Å². The van der Waals surface area contributed by atoms with Gasteiger partial charge in [0.15, 0.2) is 0 Å². The Morgan fingerprint density at radius 2 is 2.14 bits per heavy atom. The fraction of sp³-hybridized carbons (Fsp3) is 0.688. The van der Waals surface area contributed by atoms with Crippen LogP contribution in [0.3, 0.4) is 0 Å². The van der Waals surface area contributed by atoms with Gasteiger partial charge in [-0.25, -0.2) is 4.98 Å². The zero-order valence-electron chi connectivity index (χ0n) is 13.7. The zero-order chi connectivity index (χ0) is 15.6. The van der Waals surface area contributed by atoms with Gasteiger partial charge in [-0.15, -0.1) is 0 Å². The predicted octanol–water partition coefficient (Wildman–Crippen LogP) is 2.62. The molecule has 0 amide bonds. The number of nitrogens with one attached hydrogen (secondary N) is 1. The highest BCUT2D eigenvalue weighted by Gasteiger charge is 2.32. The average molecular weight is 311 g/mol. The quantitative estimate of drug-likeness (QED) is 0.906. The molecule has 1 aliphatic rings. The topological polar surface area (TPSA) is 31.4 Å². The summed E-state index contributed by atoms with van der Waals surface area (Å²) in [6.45, 7) is 9.37. The predicted molar refractivity (Wildman–Crippen MR) is 90.1 cm³/mol. The number of likely N-dealkylation sites (N-methyl/N-ethyl adjacent to an activating group) is 1. The van der Waals surface area contributed by atoms with Crippen molar-refractivity contribution in [1.29, 1.82) is 0 Å². The normalized spacial score (nSPS) is 22.6. The smallest absolute Gasteiger partial charge is 0.147 e. The molecule has 1 N–H and O–H groups in total. The molecule has 2 unspecified atom stereocenters. The van der Waals surface area contributed by atoms with E-state index < -0.39 is 0 Å². The van der Waals surface area contributed by atoms with Gasteiger partial charge in [0.05, 0.1) is 5.02 Å². The first kappa shape index (κ1) is 16.5. The van der Waals surface area contributed by atoms with Gasteiger partial charge >= 0.3 is 0 Å². The Kier molecular flexibility index (Phi) is 5.47. The van der Waals surface area contributed by atoms with Crippen LogP contribution >= 0.6 is 11.6 Å². The van der Waals surface area contributed by atoms with Crippen LogP contribution in [0.4, 0.5) is 5.82 Å². The van der Waals surface area contributed by atoms with Gasteiger partial charge < -0.3 is 15.1 Å². The number of hydrogen-bond donors (Lipinski definition) is 1. The number of rotatable bonds is 5. The monoisotopic (exact) mass is 310 g/mol. The number of anilines is 1. The van der Waals surface area contributed by atoms with Crippen LogP contribution in [-0.4, -0.2) is 49.2 Å². The van der Waals surface area contributed by atoms with Crippen LogP contribution in [0.5, 0.6) is 0 Å². The Morgan fingerprint density at radius 3 is 2.67 bits per heavy atom. The van der Waals surface area contributed by atoms with Crippen LogP contribution < -0.4 is 10.2 Å². The van der Waals surface area contributed by atoms with Crippen LogP contribution in [0, 0.1) is 5.92 Å². The van der Waals surface area contributed by atoms with E-state index in [2.05, 4.69) is 55.0 Å². The number of nitrogens with zero attached hydrogens (tertiary/aromatic N) is 3. The summed E-state index contributed by atoms with van der Waals surface area (Å²) in [6, 6.07) is 3.06. The first-order chi connectivity index (χ1) is 9.88. The summed E-state index contributed by atoms with van der Waals surface area (Å²) in [5.74, 6) is 1.54. The summed E-state index contributed by atoms with van der Waals surface area (Å²) < 4.78 is 0. The molecule has 1 aromatic rings. The van der Waals surface area contributed by atoms with Crippen molar-refractivity contribution in [3.05, 3.63) is 22.8 Å². The molecule has 0 saturated carbocycles. The highest BCUT2D eigenvalue weighted by Crippen LogP contribution is 2.30. The third-order valence-electron chi connectivity index (χ3n) is 4.13. The van der Waals surface area contributed by atoms with E-state index in [1.54, 1.807) is 0 Å². The van der Waals surface area contributed by atoms with Gasteiger partial charge in [-0.3, -0.25) is 0 Å². The molecule has 0 radical (unpaired) electrons. The van der Waals surface area contributed by atoms with Crippen molar-refractivity contribution in [3.63, 3.8) is 0 Å². The lowest BCUT2D eigenvalue weighted by Gasteiger charge is -2.23. The molecule has 1 aromatic heterocycles. The third-order valence-corrected chi connectivity index (χ3v) is 4.41. The van der Waals surface area contributed by atoms with Crippen molar-refractivity contribution in [2.24, 2.45) is 5.92 Å². The van der Waals surface area contributed by atoms with E-state index in [0.29, 0.717) is 18.0 Å². The molecule has 1 saturated heterocycles. The molecule has 4 nitrogen and oxygen atoms in total. The Balaban J connectivity index is 2.08. The fourth-order valence-corrected chi connectivity index (χ4v) is 3.22. The van der Waals surface area contributed by atoms with Gasteiger partial charge in [0, 0.05) is 37.9 Å². The van der Waals surface area contributed by atoms with E-state index in [1.165, 1.54) is 0 Å². The molecule has 0 aromatic carbocycles. The lowest BCUT2D eigenvalue weighted by atomic mass is 10.1. The molecule has 2 rings (SSSR count). The molecule has 1 fully saturated rings. The Hall–Kier alpha value is -0.840.